The van der Waals surface area contributed by atoms with E-state index in [1.165, 1.54) is 6.08 Å². The fourth-order valence-electron chi connectivity index (χ4n) is 2.19. The van der Waals surface area contributed by atoms with Gasteiger partial charge < -0.3 is 9.84 Å². The molecule has 0 amide bonds. The zero-order valence-corrected chi connectivity index (χ0v) is 12.3. The van der Waals surface area contributed by atoms with Crippen LogP contribution in [0.4, 0.5) is 0 Å². The molecule has 0 heterocycles. The van der Waals surface area contributed by atoms with Crippen LogP contribution in [0.3, 0.4) is 0 Å². The van der Waals surface area contributed by atoms with E-state index in [4.69, 9.17) is 9.84 Å². The number of hydrogen-bond acceptors (Lipinski definition) is 2. The second kappa shape index (κ2) is 6.41. The Morgan fingerprint density at radius 3 is 2.42 bits per heavy atom. The molecule has 1 N–H and O–H groups in total. The third-order valence-corrected chi connectivity index (χ3v) is 3.01. The Morgan fingerprint density at radius 2 is 1.95 bits per heavy atom. The lowest BCUT2D eigenvalue weighted by Gasteiger charge is -2.15. The molecule has 0 fully saturated rings. The molecular formula is C16H22O3. The van der Waals surface area contributed by atoms with Gasteiger partial charge in [-0.3, -0.25) is 0 Å². The number of carboxylic acids is 1. The maximum Gasteiger partial charge on any atom is 0.328 e. The van der Waals surface area contributed by atoms with Gasteiger partial charge in [0.1, 0.15) is 5.75 Å². The summed E-state index contributed by atoms with van der Waals surface area (Å²) in [7, 11) is 1.64. The van der Waals surface area contributed by atoms with E-state index in [0.717, 1.165) is 34.4 Å². The number of methoxy groups -OCH3 is 1. The van der Waals surface area contributed by atoms with Crippen molar-refractivity contribution < 1.29 is 14.6 Å². The first-order chi connectivity index (χ1) is 8.85. The Kier molecular flexibility index (Phi) is 5.16. The average molecular weight is 262 g/mol. The number of carbonyl (C=O) groups is 1. The van der Waals surface area contributed by atoms with E-state index in [1.54, 1.807) is 7.11 Å². The lowest BCUT2D eigenvalue weighted by Crippen LogP contribution is -2.00. The first kappa shape index (κ1) is 15.3. The number of ether oxygens (including phenoxy) is 1. The van der Waals surface area contributed by atoms with E-state index >= 15 is 0 Å². The van der Waals surface area contributed by atoms with E-state index in [9.17, 15) is 4.79 Å². The quantitative estimate of drug-likeness (QED) is 0.820. The summed E-state index contributed by atoms with van der Waals surface area (Å²) < 4.78 is 5.29. The molecule has 3 heteroatoms. The van der Waals surface area contributed by atoms with Crippen LogP contribution in [0, 0.1) is 19.8 Å². The van der Waals surface area contributed by atoms with Gasteiger partial charge in [0.15, 0.2) is 0 Å². The normalized spacial score (nSPS) is 11.8. The minimum absolute atomic E-state index is 0.410. The van der Waals surface area contributed by atoms with Crippen molar-refractivity contribution in [3.63, 3.8) is 0 Å². The molecule has 1 rings (SSSR count). The van der Waals surface area contributed by atoms with E-state index < -0.39 is 5.97 Å². The van der Waals surface area contributed by atoms with E-state index in [1.807, 2.05) is 26.0 Å². The number of carboxylic acid groups (broad SMARTS) is 1. The van der Waals surface area contributed by atoms with Crippen LogP contribution in [0.5, 0.6) is 5.75 Å². The number of rotatable bonds is 5. The monoisotopic (exact) mass is 262 g/mol. The Morgan fingerprint density at radius 1 is 1.32 bits per heavy atom. The van der Waals surface area contributed by atoms with Gasteiger partial charge in [-0.05, 0) is 60.6 Å². The van der Waals surface area contributed by atoms with E-state index in [0.29, 0.717) is 5.92 Å². The molecule has 1 aromatic rings. The van der Waals surface area contributed by atoms with Gasteiger partial charge in [-0.25, -0.2) is 4.79 Å². The summed E-state index contributed by atoms with van der Waals surface area (Å²) in [5, 5.41) is 9.02. The van der Waals surface area contributed by atoms with Crippen LogP contribution in [0.25, 0.3) is 5.57 Å². The number of aliphatic carboxylic acids is 1. The Labute approximate surface area is 114 Å². The molecule has 0 radical (unpaired) electrons. The smallest absolute Gasteiger partial charge is 0.328 e. The fourth-order valence-corrected chi connectivity index (χ4v) is 2.19. The van der Waals surface area contributed by atoms with Crippen molar-refractivity contribution in [2.45, 2.75) is 34.1 Å². The van der Waals surface area contributed by atoms with Gasteiger partial charge >= 0.3 is 5.97 Å². The lowest BCUT2D eigenvalue weighted by molar-refractivity contribution is -0.131. The molecule has 0 atom stereocenters. The zero-order chi connectivity index (χ0) is 14.6. The molecule has 0 bridgehead atoms. The van der Waals surface area contributed by atoms with Crippen LogP contribution < -0.4 is 4.74 Å². The van der Waals surface area contributed by atoms with Crippen molar-refractivity contribution in [3.05, 3.63) is 34.9 Å². The summed E-state index contributed by atoms with van der Waals surface area (Å²) in [6, 6.07) is 3.96. The fraction of sp³-hybridized carbons (Fsp3) is 0.438. The number of hydrogen-bond donors (Lipinski definition) is 1. The van der Waals surface area contributed by atoms with Crippen LogP contribution in [0.1, 0.15) is 37.0 Å². The van der Waals surface area contributed by atoms with Gasteiger partial charge in [0.2, 0.25) is 0 Å². The summed E-state index contributed by atoms with van der Waals surface area (Å²) in [5.41, 5.74) is 3.92. The molecule has 0 saturated carbocycles. The first-order valence-corrected chi connectivity index (χ1v) is 6.44. The maximum absolute atomic E-state index is 11.0. The zero-order valence-electron chi connectivity index (χ0n) is 12.3. The van der Waals surface area contributed by atoms with Crippen molar-refractivity contribution in [1.82, 2.24) is 0 Å². The molecule has 0 spiro atoms. The predicted molar refractivity (Wildman–Crippen MR) is 77.5 cm³/mol. The molecule has 0 saturated heterocycles. The molecule has 0 aliphatic rings. The number of benzene rings is 1. The molecular weight excluding hydrogens is 240 g/mol. The molecule has 104 valence electrons. The Hall–Kier alpha value is -1.77. The minimum Gasteiger partial charge on any atom is -0.496 e. The highest BCUT2D eigenvalue weighted by Crippen LogP contribution is 2.30. The van der Waals surface area contributed by atoms with Crippen molar-refractivity contribution in [2.75, 3.05) is 7.11 Å². The van der Waals surface area contributed by atoms with Crippen LogP contribution in [0.2, 0.25) is 0 Å². The molecule has 0 aromatic heterocycles. The Bertz CT molecular complexity index is 499. The van der Waals surface area contributed by atoms with Gasteiger partial charge in [0.25, 0.3) is 0 Å². The summed E-state index contributed by atoms with van der Waals surface area (Å²) in [4.78, 5) is 11.0. The van der Waals surface area contributed by atoms with Crippen LogP contribution in [-0.2, 0) is 4.79 Å². The summed E-state index contributed by atoms with van der Waals surface area (Å²) in [6.07, 6.45) is 2.06. The van der Waals surface area contributed by atoms with Crippen molar-refractivity contribution in [3.8, 4) is 5.75 Å². The highest BCUT2D eigenvalue weighted by Gasteiger charge is 2.12. The SMILES string of the molecule is COc1cc(C)c(/C(=C/C(=O)O)CC(C)C)cc1C. The summed E-state index contributed by atoms with van der Waals surface area (Å²) in [5.74, 6) is 0.344. The summed E-state index contributed by atoms with van der Waals surface area (Å²) >= 11 is 0. The third-order valence-electron chi connectivity index (χ3n) is 3.01. The third kappa shape index (κ3) is 4.12. The van der Waals surface area contributed by atoms with Gasteiger partial charge in [-0.15, -0.1) is 0 Å². The van der Waals surface area contributed by atoms with Crippen molar-refractivity contribution in [2.24, 2.45) is 5.92 Å². The van der Waals surface area contributed by atoms with Crippen molar-refractivity contribution >= 4 is 11.5 Å². The molecule has 1 aromatic carbocycles. The van der Waals surface area contributed by atoms with Gasteiger partial charge in [0.05, 0.1) is 7.11 Å². The number of aryl methyl sites for hydroxylation is 2. The maximum atomic E-state index is 11.0. The minimum atomic E-state index is -0.900. The van der Waals surface area contributed by atoms with Gasteiger partial charge in [0, 0.05) is 6.08 Å². The highest BCUT2D eigenvalue weighted by molar-refractivity contribution is 5.90. The predicted octanol–water partition coefficient (Wildman–Crippen LogP) is 3.83. The molecule has 0 aliphatic heterocycles. The molecule has 0 unspecified atom stereocenters. The first-order valence-electron chi connectivity index (χ1n) is 6.44. The average Bonchev–Trinajstić information content (AvgIpc) is 2.29. The standard InChI is InChI=1S/C16H22O3/c1-10(2)6-13(9-16(17)18)14-7-12(4)15(19-5)8-11(14)3/h7-10H,6H2,1-5H3,(H,17,18)/b13-9+. The van der Waals surface area contributed by atoms with E-state index in [2.05, 4.69) is 13.8 Å². The van der Waals surface area contributed by atoms with Crippen molar-refractivity contribution in [1.29, 1.82) is 0 Å². The van der Waals surface area contributed by atoms with Crippen LogP contribution in [-0.4, -0.2) is 18.2 Å². The lowest BCUT2D eigenvalue weighted by atomic mass is 9.91. The number of allylic oxidation sites excluding steroid dienone is 1. The molecule has 19 heavy (non-hydrogen) atoms. The Balaban J connectivity index is 3.30. The molecule has 0 aliphatic carbocycles. The van der Waals surface area contributed by atoms with Crippen LogP contribution in [0.15, 0.2) is 18.2 Å². The largest absolute Gasteiger partial charge is 0.496 e. The van der Waals surface area contributed by atoms with Crippen LogP contribution >= 0.6 is 0 Å². The second-order valence-electron chi connectivity index (χ2n) is 5.24. The van der Waals surface area contributed by atoms with Gasteiger partial charge in [-0.2, -0.15) is 0 Å². The van der Waals surface area contributed by atoms with Gasteiger partial charge in [-0.1, -0.05) is 13.8 Å². The van der Waals surface area contributed by atoms with E-state index in [-0.39, 0.29) is 0 Å². The highest BCUT2D eigenvalue weighted by atomic mass is 16.5. The summed E-state index contributed by atoms with van der Waals surface area (Å²) in [6.45, 7) is 8.12. The topological polar surface area (TPSA) is 46.5 Å². The second-order valence-corrected chi connectivity index (χ2v) is 5.24. The molecule has 3 nitrogen and oxygen atoms in total.